The summed E-state index contributed by atoms with van der Waals surface area (Å²) in [7, 11) is 0. The minimum Gasteiger partial charge on any atom is -0.394 e. The number of ether oxygens (including phenoxy) is 1. The van der Waals surface area contributed by atoms with E-state index in [-0.39, 0.29) is 12.7 Å². The van der Waals surface area contributed by atoms with Gasteiger partial charge in [-0.2, -0.15) is 0 Å². The van der Waals surface area contributed by atoms with Crippen molar-refractivity contribution in [1.29, 1.82) is 0 Å². The van der Waals surface area contributed by atoms with Gasteiger partial charge in [-0.05, 0) is 26.7 Å². The number of rotatable bonds is 9. The molecule has 0 heterocycles. The summed E-state index contributed by atoms with van der Waals surface area (Å²) in [4.78, 5) is 0. The maximum atomic E-state index is 9.00. The molecular weight excluding hydrogens is 190 g/mol. The van der Waals surface area contributed by atoms with Crippen molar-refractivity contribution in [2.75, 3.05) is 13.2 Å². The lowest BCUT2D eigenvalue weighted by Crippen LogP contribution is -2.43. The topological polar surface area (TPSA) is 55.5 Å². The van der Waals surface area contributed by atoms with Gasteiger partial charge in [0, 0.05) is 12.1 Å². The smallest absolute Gasteiger partial charge is 0.0609 e. The molecule has 3 N–H and O–H groups in total. The van der Waals surface area contributed by atoms with E-state index in [1.54, 1.807) is 0 Å². The van der Waals surface area contributed by atoms with Crippen molar-refractivity contribution >= 4 is 0 Å². The van der Waals surface area contributed by atoms with Crippen LogP contribution in [0.15, 0.2) is 0 Å². The zero-order valence-electron chi connectivity index (χ0n) is 10.5. The van der Waals surface area contributed by atoms with Crippen LogP contribution in [0.1, 0.15) is 52.9 Å². The third kappa shape index (κ3) is 8.85. The Hall–Kier alpha value is -0.120. The van der Waals surface area contributed by atoms with E-state index in [0.29, 0.717) is 6.42 Å². The van der Waals surface area contributed by atoms with E-state index in [0.717, 1.165) is 13.0 Å². The highest BCUT2D eigenvalue weighted by Crippen LogP contribution is 2.11. The van der Waals surface area contributed by atoms with Gasteiger partial charge in [0.15, 0.2) is 0 Å². The number of aliphatic hydroxyl groups excluding tert-OH is 1. The normalized spacial score (nSPS) is 17.4. The molecule has 15 heavy (non-hydrogen) atoms. The maximum Gasteiger partial charge on any atom is 0.0609 e. The summed E-state index contributed by atoms with van der Waals surface area (Å²) >= 11 is 0. The van der Waals surface area contributed by atoms with Gasteiger partial charge in [0.2, 0.25) is 0 Å². The zero-order valence-corrected chi connectivity index (χ0v) is 10.5. The average Bonchev–Trinajstić information content (AvgIpc) is 2.17. The van der Waals surface area contributed by atoms with Gasteiger partial charge in [-0.3, -0.25) is 0 Å². The van der Waals surface area contributed by atoms with Crippen LogP contribution in [0.5, 0.6) is 0 Å². The lowest BCUT2D eigenvalue weighted by Gasteiger charge is -2.25. The molecule has 0 spiro atoms. The molecule has 0 aliphatic rings. The number of hydrogen-bond donors (Lipinski definition) is 2. The standard InChI is InChI=1S/C12H27NO2/c1-4-5-6-7-8-15-11(2)9-12(3,13)10-14/h11,14H,4-10,13H2,1-3H3. The van der Waals surface area contributed by atoms with Crippen molar-refractivity contribution < 1.29 is 9.84 Å². The van der Waals surface area contributed by atoms with Crippen LogP contribution >= 0.6 is 0 Å². The monoisotopic (exact) mass is 217 g/mol. The zero-order chi connectivity index (χ0) is 11.7. The summed E-state index contributed by atoms with van der Waals surface area (Å²) in [6.07, 6.45) is 5.73. The van der Waals surface area contributed by atoms with Crippen molar-refractivity contribution in [2.24, 2.45) is 5.73 Å². The van der Waals surface area contributed by atoms with Gasteiger partial charge in [-0.15, -0.1) is 0 Å². The molecule has 0 radical (unpaired) electrons. The fourth-order valence-corrected chi connectivity index (χ4v) is 1.59. The first kappa shape index (κ1) is 14.9. The molecule has 0 fully saturated rings. The third-order valence-electron chi connectivity index (χ3n) is 2.52. The lowest BCUT2D eigenvalue weighted by molar-refractivity contribution is 0.0344. The molecule has 3 heteroatoms. The van der Waals surface area contributed by atoms with Crippen molar-refractivity contribution in [3.8, 4) is 0 Å². The van der Waals surface area contributed by atoms with Gasteiger partial charge in [0.05, 0.1) is 12.7 Å². The molecule has 0 aromatic heterocycles. The van der Waals surface area contributed by atoms with Gasteiger partial charge in [-0.25, -0.2) is 0 Å². The van der Waals surface area contributed by atoms with Gasteiger partial charge >= 0.3 is 0 Å². The molecule has 3 nitrogen and oxygen atoms in total. The number of aliphatic hydroxyl groups is 1. The molecule has 0 saturated heterocycles. The molecule has 0 aromatic carbocycles. The summed E-state index contributed by atoms with van der Waals surface area (Å²) < 4.78 is 5.64. The van der Waals surface area contributed by atoms with Crippen LogP contribution < -0.4 is 5.73 Å². The quantitative estimate of drug-likeness (QED) is 0.581. The first-order chi connectivity index (χ1) is 7.02. The highest BCUT2D eigenvalue weighted by atomic mass is 16.5. The third-order valence-corrected chi connectivity index (χ3v) is 2.52. The van der Waals surface area contributed by atoms with E-state index in [1.165, 1.54) is 19.3 Å². The van der Waals surface area contributed by atoms with Crippen LogP contribution in [0.4, 0.5) is 0 Å². The van der Waals surface area contributed by atoms with Gasteiger partial charge in [0.1, 0.15) is 0 Å². The molecule has 0 aliphatic carbocycles. The Balaban J connectivity index is 3.45. The van der Waals surface area contributed by atoms with Crippen LogP contribution in [0, 0.1) is 0 Å². The van der Waals surface area contributed by atoms with Crippen LogP contribution in [0.25, 0.3) is 0 Å². The summed E-state index contributed by atoms with van der Waals surface area (Å²) in [5.41, 5.74) is 5.33. The van der Waals surface area contributed by atoms with Crippen molar-refractivity contribution in [3.05, 3.63) is 0 Å². The SMILES string of the molecule is CCCCCCOC(C)CC(C)(N)CO. The first-order valence-electron chi connectivity index (χ1n) is 6.03. The molecule has 0 saturated carbocycles. The second-order valence-corrected chi connectivity index (χ2v) is 4.76. The second kappa shape index (κ2) is 8.08. The van der Waals surface area contributed by atoms with E-state index in [1.807, 2.05) is 13.8 Å². The molecule has 0 aromatic rings. The Kier molecular flexibility index (Phi) is 8.02. The Labute approximate surface area is 94.0 Å². The fraction of sp³-hybridized carbons (Fsp3) is 1.00. The Bertz CT molecular complexity index is 149. The molecule has 92 valence electrons. The molecule has 0 aliphatic heterocycles. The minimum absolute atomic E-state index is 0.0105. The Morgan fingerprint density at radius 2 is 2.00 bits per heavy atom. The molecular formula is C12H27NO2. The summed E-state index contributed by atoms with van der Waals surface area (Å²) in [5.74, 6) is 0. The van der Waals surface area contributed by atoms with Crippen molar-refractivity contribution in [2.45, 2.75) is 64.5 Å². The highest BCUT2D eigenvalue weighted by molar-refractivity contribution is 4.79. The number of nitrogens with two attached hydrogens (primary N) is 1. The summed E-state index contributed by atoms with van der Waals surface area (Å²) in [6.45, 7) is 6.88. The average molecular weight is 217 g/mol. The van der Waals surface area contributed by atoms with Crippen molar-refractivity contribution in [1.82, 2.24) is 0 Å². The number of unbranched alkanes of at least 4 members (excludes halogenated alkanes) is 3. The molecule has 2 atom stereocenters. The predicted octanol–water partition coefficient (Wildman–Crippen LogP) is 2.07. The Morgan fingerprint density at radius 1 is 1.33 bits per heavy atom. The van der Waals surface area contributed by atoms with Crippen molar-refractivity contribution in [3.63, 3.8) is 0 Å². The number of hydrogen-bond acceptors (Lipinski definition) is 3. The van der Waals surface area contributed by atoms with E-state index < -0.39 is 5.54 Å². The van der Waals surface area contributed by atoms with Gasteiger partial charge in [-0.1, -0.05) is 26.2 Å². The second-order valence-electron chi connectivity index (χ2n) is 4.76. The van der Waals surface area contributed by atoms with Crippen LogP contribution in [0.3, 0.4) is 0 Å². The van der Waals surface area contributed by atoms with Crippen LogP contribution in [-0.4, -0.2) is 30.0 Å². The Morgan fingerprint density at radius 3 is 2.53 bits per heavy atom. The largest absolute Gasteiger partial charge is 0.394 e. The first-order valence-corrected chi connectivity index (χ1v) is 6.03. The maximum absolute atomic E-state index is 9.00. The summed E-state index contributed by atoms with van der Waals surface area (Å²) in [5, 5.41) is 9.00. The van der Waals surface area contributed by atoms with Gasteiger partial charge < -0.3 is 15.6 Å². The van der Waals surface area contributed by atoms with E-state index >= 15 is 0 Å². The van der Waals surface area contributed by atoms with Gasteiger partial charge in [0.25, 0.3) is 0 Å². The lowest BCUT2D eigenvalue weighted by atomic mass is 9.97. The molecule has 0 bridgehead atoms. The van der Waals surface area contributed by atoms with E-state index in [4.69, 9.17) is 15.6 Å². The molecule has 0 rings (SSSR count). The molecule has 0 amide bonds. The van der Waals surface area contributed by atoms with Crippen LogP contribution in [0.2, 0.25) is 0 Å². The van der Waals surface area contributed by atoms with Crippen LogP contribution in [-0.2, 0) is 4.74 Å². The van der Waals surface area contributed by atoms with E-state index in [2.05, 4.69) is 6.92 Å². The predicted molar refractivity (Wildman–Crippen MR) is 63.9 cm³/mol. The highest BCUT2D eigenvalue weighted by Gasteiger charge is 2.20. The van der Waals surface area contributed by atoms with E-state index in [9.17, 15) is 0 Å². The summed E-state index contributed by atoms with van der Waals surface area (Å²) in [6, 6.07) is 0. The minimum atomic E-state index is -0.511. The fourth-order valence-electron chi connectivity index (χ4n) is 1.59. The molecule has 2 unspecified atom stereocenters.